The molecule has 0 radical (unpaired) electrons. The average Bonchev–Trinajstić information content (AvgIpc) is 2.45. The first-order chi connectivity index (χ1) is 9.45. The first-order valence-corrected chi connectivity index (χ1v) is 7.28. The molecule has 1 amide bonds. The topological polar surface area (TPSA) is 70.7 Å². The molecular weight excluding hydrogens is 258 g/mol. The fourth-order valence-corrected chi connectivity index (χ4v) is 2.36. The lowest BCUT2D eigenvalue weighted by molar-refractivity contribution is -0.146. The minimum atomic E-state index is -0.558. The van der Waals surface area contributed by atoms with Crippen LogP contribution in [0.2, 0.25) is 0 Å². The Hall–Kier alpha value is -1.14. The molecular formula is C14H27N3O3. The summed E-state index contributed by atoms with van der Waals surface area (Å²) in [7, 11) is 1.35. The summed E-state index contributed by atoms with van der Waals surface area (Å²) >= 11 is 0. The van der Waals surface area contributed by atoms with Crippen molar-refractivity contribution in [2.75, 3.05) is 33.3 Å². The molecule has 116 valence electrons. The zero-order valence-electron chi connectivity index (χ0n) is 12.9. The third-order valence-corrected chi connectivity index (χ3v) is 3.59. The number of methoxy groups -OCH3 is 1. The second kappa shape index (κ2) is 8.21. The molecule has 0 aromatic rings. The van der Waals surface area contributed by atoms with Gasteiger partial charge in [0.15, 0.2) is 0 Å². The van der Waals surface area contributed by atoms with Crippen LogP contribution in [0.1, 0.15) is 27.2 Å². The molecule has 20 heavy (non-hydrogen) atoms. The van der Waals surface area contributed by atoms with Crippen molar-refractivity contribution in [2.24, 2.45) is 5.92 Å². The summed E-state index contributed by atoms with van der Waals surface area (Å²) in [5, 5.41) is 6.08. The number of nitrogens with one attached hydrogen (secondary N) is 2. The number of piperazine rings is 1. The molecule has 0 spiro atoms. The van der Waals surface area contributed by atoms with Gasteiger partial charge in [0.1, 0.15) is 6.04 Å². The Morgan fingerprint density at radius 2 is 1.85 bits per heavy atom. The van der Waals surface area contributed by atoms with Crippen LogP contribution in [-0.2, 0) is 14.3 Å². The van der Waals surface area contributed by atoms with E-state index < -0.39 is 6.04 Å². The Morgan fingerprint density at radius 3 is 2.35 bits per heavy atom. The average molecular weight is 285 g/mol. The number of esters is 1. The Kier molecular flexibility index (Phi) is 6.95. The Morgan fingerprint density at radius 1 is 1.25 bits per heavy atom. The maximum Gasteiger partial charge on any atom is 0.328 e. The van der Waals surface area contributed by atoms with E-state index in [4.69, 9.17) is 4.74 Å². The molecule has 6 nitrogen and oxygen atoms in total. The number of hydrogen-bond acceptors (Lipinski definition) is 5. The summed E-state index contributed by atoms with van der Waals surface area (Å²) in [6, 6.07) is -0.783. The van der Waals surface area contributed by atoms with Crippen molar-refractivity contribution in [3.63, 3.8) is 0 Å². The van der Waals surface area contributed by atoms with Gasteiger partial charge in [0, 0.05) is 26.2 Å². The van der Waals surface area contributed by atoms with Crippen LogP contribution in [0.15, 0.2) is 0 Å². The van der Waals surface area contributed by atoms with Crippen molar-refractivity contribution >= 4 is 11.9 Å². The normalized spacial score (nSPS) is 19.4. The van der Waals surface area contributed by atoms with Gasteiger partial charge in [-0.05, 0) is 19.3 Å². The summed E-state index contributed by atoms with van der Waals surface area (Å²) in [5.41, 5.74) is 0. The first-order valence-electron chi connectivity index (χ1n) is 7.28. The van der Waals surface area contributed by atoms with E-state index in [2.05, 4.69) is 15.5 Å². The predicted octanol–water partition coefficient (Wildman–Crippen LogP) is -0.0160. The molecule has 1 aliphatic heterocycles. The van der Waals surface area contributed by atoms with Gasteiger partial charge in [0.25, 0.3) is 0 Å². The zero-order chi connectivity index (χ0) is 15.1. The Bertz CT molecular complexity index is 328. The first kappa shape index (κ1) is 16.9. The molecule has 2 atom stereocenters. The second-order valence-corrected chi connectivity index (χ2v) is 5.68. The number of rotatable bonds is 6. The summed E-state index contributed by atoms with van der Waals surface area (Å²) in [5.74, 6) is -0.170. The second-order valence-electron chi connectivity index (χ2n) is 5.68. The van der Waals surface area contributed by atoms with Crippen molar-refractivity contribution in [3.8, 4) is 0 Å². The molecule has 1 saturated heterocycles. The molecule has 1 rings (SSSR count). The van der Waals surface area contributed by atoms with Gasteiger partial charge >= 0.3 is 5.97 Å². The standard InChI is InChI=1S/C14H27N3O3/c1-10(2)9-12(14(19)20-4)16-13(18)11(3)17-7-5-15-6-8-17/h10-12,15H,5-9H2,1-4H3,(H,16,18). The van der Waals surface area contributed by atoms with Crippen LogP contribution in [0.4, 0.5) is 0 Å². The molecule has 0 aromatic carbocycles. The molecule has 6 heteroatoms. The molecule has 0 saturated carbocycles. The Balaban J connectivity index is 2.57. The molecule has 2 N–H and O–H groups in total. The highest BCUT2D eigenvalue weighted by molar-refractivity contribution is 5.87. The van der Waals surface area contributed by atoms with E-state index in [0.29, 0.717) is 12.3 Å². The van der Waals surface area contributed by atoms with Crippen LogP contribution < -0.4 is 10.6 Å². The van der Waals surface area contributed by atoms with Crippen molar-refractivity contribution in [3.05, 3.63) is 0 Å². The predicted molar refractivity (Wildman–Crippen MR) is 77.3 cm³/mol. The quantitative estimate of drug-likeness (QED) is 0.671. The summed E-state index contributed by atoms with van der Waals surface area (Å²) < 4.78 is 4.76. The highest BCUT2D eigenvalue weighted by atomic mass is 16.5. The highest BCUT2D eigenvalue weighted by Crippen LogP contribution is 2.08. The number of carbonyl (C=O) groups is 2. The highest BCUT2D eigenvalue weighted by Gasteiger charge is 2.28. The molecule has 2 unspecified atom stereocenters. The SMILES string of the molecule is COC(=O)C(CC(C)C)NC(=O)C(C)N1CCNCC1. The van der Waals surface area contributed by atoms with Gasteiger partial charge in [-0.2, -0.15) is 0 Å². The summed E-state index contributed by atoms with van der Waals surface area (Å²) in [6.45, 7) is 9.39. The summed E-state index contributed by atoms with van der Waals surface area (Å²) in [4.78, 5) is 26.1. The lowest BCUT2D eigenvalue weighted by Crippen LogP contribution is -2.55. The molecule has 1 aliphatic rings. The fraction of sp³-hybridized carbons (Fsp3) is 0.857. The number of nitrogens with zero attached hydrogens (tertiary/aromatic N) is 1. The van der Waals surface area contributed by atoms with Crippen LogP contribution in [0, 0.1) is 5.92 Å². The third kappa shape index (κ3) is 5.09. The van der Waals surface area contributed by atoms with Crippen LogP contribution in [0.25, 0.3) is 0 Å². The summed E-state index contributed by atoms with van der Waals surface area (Å²) in [6.07, 6.45) is 0.590. The van der Waals surface area contributed by atoms with Crippen molar-refractivity contribution in [1.29, 1.82) is 0 Å². The maximum atomic E-state index is 12.3. The molecule has 1 heterocycles. The minimum absolute atomic E-state index is 0.108. The van der Waals surface area contributed by atoms with Crippen LogP contribution in [0.3, 0.4) is 0 Å². The number of amides is 1. The smallest absolute Gasteiger partial charge is 0.328 e. The molecule has 1 fully saturated rings. The van der Waals surface area contributed by atoms with Gasteiger partial charge < -0.3 is 15.4 Å². The third-order valence-electron chi connectivity index (χ3n) is 3.59. The van der Waals surface area contributed by atoms with Gasteiger partial charge in [-0.15, -0.1) is 0 Å². The maximum absolute atomic E-state index is 12.3. The van der Waals surface area contributed by atoms with Gasteiger partial charge in [0.05, 0.1) is 13.2 Å². The molecule has 0 aliphatic carbocycles. The van der Waals surface area contributed by atoms with Gasteiger partial charge in [-0.3, -0.25) is 9.69 Å². The van der Waals surface area contributed by atoms with Crippen LogP contribution >= 0.6 is 0 Å². The minimum Gasteiger partial charge on any atom is -0.467 e. The number of ether oxygens (including phenoxy) is 1. The van der Waals surface area contributed by atoms with E-state index in [9.17, 15) is 9.59 Å². The van der Waals surface area contributed by atoms with Crippen molar-refractivity contribution < 1.29 is 14.3 Å². The van der Waals surface area contributed by atoms with Crippen molar-refractivity contribution in [1.82, 2.24) is 15.5 Å². The number of hydrogen-bond donors (Lipinski definition) is 2. The Labute approximate surface area is 121 Å². The van der Waals surface area contributed by atoms with Gasteiger partial charge in [-0.25, -0.2) is 4.79 Å². The van der Waals surface area contributed by atoms with E-state index in [-0.39, 0.29) is 17.9 Å². The number of carbonyl (C=O) groups excluding carboxylic acids is 2. The van der Waals surface area contributed by atoms with E-state index in [0.717, 1.165) is 26.2 Å². The van der Waals surface area contributed by atoms with Gasteiger partial charge in [0.2, 0.25) is 5.91 Å². The van der Waals surface area contributed by atoms with E-state index >= 15 is 0 Å². The van der Waals surface area contributed by atoms with E-state index in [1.165, 1.54) is 7.11 Å². The lowest BCUT2D eigenvalue weighted by Gasteiger charge is -2.32. The zero-order valence-corrected chi connectivity index (χ0v) is 12.9. The monoisotopic (exact) mass is 285 g/mol. The lowest BCUT2D eigenvalue weighted by atomic mass is 10.0. The van der Waals surface area contributed by atoms with E-state index in [1.54, 1.807) is 0 Å². The largest absolute Gasteiger partial charge is 0.467 e. The molecule has 0 aromatic heterocycles. The fourth-order valence-electron chi connectivity index (χ4n) is 2.36. The molecule has 0 bridgehead atoms. The van der Waals surface area contributed by atoms with Crippen molar-refractivity contribution in [2.45, 2.75) is 39.3 Å². The van der Waals surface area contributed by atoms with Crippen LogP contribution in [0.5, 0.6) is 0 Å². The van der Waals surface area contributed by atoms with Gasteiger partial charge in [-0.1, -0.05) is 13.8 Å². The van der Waals surface area contributed by atoms with E-state index in [1.807, 2.05) is 20.8 Å². The van der Waals surface area contributed by atoms with Crippen LogP contribution in [-0.4, -0.2) is 62.1 Å².